The van der Waals surface area contributed by atoms with E-state index in [9.17, 15) is 0 Å². The largest absolute Gasteiger partial charge is 0.347 e. The van der Waals surface area contributed by atoms with Gasteiger partial charge in [-0.1, -0.05) is 5.16 Å². The third-order valence-corrected chi connectivity index (χ3v) is 1.39. The predicted molar refractivity (Wildman–Crippen MR) is 43.6 cm³/mol. The zero-order chi connectivity index (χ0) is 8.27. The smallest absolute Gasteiger partial charge is 0.226 e. The summed E-state index contributed by atoms with van der Waals surface area (Å²) < 4.78 is 5.00. The fourth-order valence-corrected chi connectivity index (χ4v) is 0.777. The summed E-state index contributed by atoms with van der Waals surface area (Å²) in [4.78, 5) is 1.87. The molecule has 1 aromatic heterocycles. The molecule has 0 saturated heterocycles. The number of hydrogen-bond acceptors (Lipinski definition) is 4. The molecule has 0 unspecified atom stereocenters. The van der Waals surface area contributed by atoms with E-state index < -0.39 is 0 Å². The topological polar surface area (TPSA) is 55.3 Å². The van der Waals surface area contributed by atoms with Crippen molar-refractivity contribution in [2.24, 2.45) is 5.73 Å². The summed E-state index contributed by atoms with van der Waals surface area (Å²) >= 11 is 0. The van der Waals surface area contributed by atoms with Crippen molar-refractivity contribution in [1.82, 2.24) is 5.16 Å². The Morgan fingerprint density at radius 3 is 2.82 bits per heavy atom. The molecule has 1 rings (SSSR count). The van der Waals surface area contributed by atoms with Crippen molar-refractivity contribution >= 4 is 5.88 Å². The minimum absolute atomic E-state index is 0.611. The molecule has 0 amide bonds. The van der Waals surface area contributed by atoms with Crippen molar-refractivity contribution in [2.75, 3.05) is 25.5 Å². The number of nitrogens with zero attached hydrogens (tertiary/aromatic N) is 2. The molecule has 4 nitrogen and oxygen atoms in total. The summed E-state index contributed by atoms with van der Waals surface area (Å²) in [7, 11) is 3.82. The Labute approximate surface area is 66.0 Å². The second kappa shape index (κ2) is 3.39. The van der Waals surface area contributed by atoms with Gasteiger partial charge in [0.2, 0.25) is 5.88 Å². The molecule has 62 valence electrons. The molecule has 0 atom stereocenters. The van der Waals surface area contributed by atoms with Gasteiger partial charge in [-0.25, -0.2) is 0 Å². The van der Waals surface area contributed by atoms with Gasteiger partial charge in [-0.15, -0.1) is 0 Å². The minimum atomic E-state index is 0.611. The van der Waals surface area contributed by atoms with Crippen molar-refractivity contribution in [3.05, 3.63) is 11.8 Å². The van der Waals surface area contributed by atoms with Crippen molar-refractivity contribution in [3.8, 4) is 0 Å². The highest BCUT2D eigenvalue weighted by atomic mass is 16.5. The summed E-state index contributed by atoms with van der Waals surface area (Å²) in [6, 6.07) is 1.90. The van der Waals surface area contributed by atoms with Crippen LogP contribution in [0.15, 0.2) is 10.6 Å². The van der Waals surface area contributed by atoms with Crippen LogP contribution in [0.1, 0.15) is 5.69 Å². The SMILES string of the molecule is CN(C)c1cc(CCN)no1. The average molecular weight is 155 g/mol. The molecular weight excluding hydrogens is 142 g/mol. The van der Waals surface area contributed by atoms with Crippen LogP contribution in [-0.4, -0.2) is 25.8 Å². The Hall–Kier alpha value is -1.03. The summed E-state index contributed by atoms with van der Waals surface area (Å²) in [5, 5.41) is 3.83. The maximum absolute atomic E-state index is 5.35. The zero-order valence-corrected chi connectivity index (χ0v) is 6.87. The third kappa shape index (κ3) is 1.94. The lowest BCUT2D eigenvalue weighted by atomic mass is 10.3. The number of aromatic nitrogens is 1. The molecule has 0 aromatic carbocycles. The summed E-state index contributed by atoms with van der Waals surface area (Å²) in [6.07, 6.45) is 0.775. The monoisotopic (exact) mass is 155 g/mol. The molecule has 11 heavy (non-hydrogen) atoms. The van der Waals surface area contributed by atoms with Gasteiger partial charge < -0.3 is 15.2 Å². The van der Waals surface area contributed by atoms with E-state index in [1.165, 1.54) is 0 Å². The van der Waals surface area contributed by atoms with Crippen LogP contribution in [0.2, 0.25) is 0 Å². The lowest BCUT2D eigenvalue weighted by molar-refractivity contribution is 0.416. The molecule has 4 heteroatoms. The molecular formula is C7H13N3O. The molecule has 0 fully saturated rings. The Balaban J connectivity index is 2.66. The van der Waals surface area contributed by atoms with Gasteiger partial charge in [0, 0.05) is 26.6 Å². The highest BCUT2D eigenvalue weighted by molar-refractivity contribution is 5.33. The van der Waals surface area contributed by atoms with E-state index in [0.29, 0.717) is 6.54 Å². The number of anilines is 1. The molecule has 2 N–H and O–H groups in total. The van der Waals surface area contributed by atoms with Crippen molar-refractivity contribution in [1.29, 1.82) is 0 Å². The summed E-state index contributed by atoms with van der Waals surface area (Å²) in [5.41, 5.74) is 6.26. The van der Waals surface area contributed by atoms with Gasteiger partial charge in [0.15, 0.2) is 0 Å². The third-order valence-electron chi connectivity index (χ3n) is 1.39. The Bertz CT molecular complexity index is 219. The lowest BCUT2D eigenvalue weighted by Gasteiger charge is -2.03. The van der Waals surface area contributed by atoms with Crippen LogP contribution in [0.3, 0.4) is 0 Å². The van der Waals surface area contributed by atoms with Gasteiger partial charge >= 0.3 is 0 Å². The van der Waals surface area contributed by atoms with Gasteiger partial charge in [-0.2, -0.15) is 0 Å². The van der Waals surface area contributed by atoms with E-state index in [0.717, 1.165) is 18.0 Å². The molecule has 1 aromatic rings. The van der Waals surface area contributed by atoms with Gasteiger partial charge in [0.25, 0.3) is 0 Å². The average Bonchev–Trinajstić information content (AvgIpc) is 2.37. The first-order valence-electron chi connectivity index (χ1n) is 3.57. The fourth-order valence-electron chi connectivity index (χ4n) is 0.777. The van der Waals surface area contributed by atoms with Gasteiger partial charge in [0.1, 0.15) is 0 Å². The molecule has 0 saturated carbocycles. The van der Waals surface area contributed by atoms with Crippen molar-refractivity contribution in [2.45, 2.75) is 6.42 Å². The quantitative estimate of drug-likeness (QED) is 0.679. The second-order valence-electron chi connectivity index (χ2n) is 2.59. The van der Waals surface area contributed by atoms with Crippen LogP contribution < -0.4 is 10.6 Å². The first kappa shape index (κ1) is 8.07. The van der Waals surface area contributed by atoms with Crippen LogP contribution in [0.4, 0.5) is 5.88 Å². The van der Waals surface area contributed by atoms with Crippen molar-refractivity contribution < 1.29 is 4.52 Å². The summed E-state index contributed by atoms with van der Waals surface area (Å²) in [5.74, 6) is 0.772. The van der Waals surface area contributed by atoms with Crippen LogP contribution in [0.25, 0.3) is 0 Å². The highest BCUT2D eigenvalue weighted by Crippen LogP contribution is 2.11. The van der Waals surface area contributed by atoms with E-state index in [4.69, 9.17) is 10.3 Å². The molecule has 1 heterocycles. The standard InChI is InChI=1S/C7H13N3O/c1-10(2)7-5-6(3-4-8)9-11-7/h5H,3-4,8H2,1-2H3. The Morgan fingerprint density at radius 1 is 1.64 bits per heavy atom. The van der Waals surface area contributed by atoms with Crippen LogP contribution in [-0.2, 0) is 6.42 Å². The van der Waals surface area contributed by atoms with E-state index in [1.54, 1.807) is 0 Å². The zero-order valence-electron chi connectivity index (χ0n) is 6.87. The predicted octanol–water partition coefficient (Wildman–Crippen LogP) is 0.242. The lowest BCUT2D eigenvalue weighted by Crippen LogP contribution is -2.07. The minimum Gasteiger partial charge on any atom is -0.347 e. The Morgan fingerprint density at radius 2 is 2.36 bits per heavy atom. The summed E-state index contributed by atoms with van der Waals surface area (Å²) in [6.45, 7) is 0.611. The van der Waals surface area contributed by atoms with E-state index in [1.807, 2.05) is 25.1 Å². The van der Waals surface area contributed by atoms with Gasteiger partial charge in [0.05, 0.1) is 5.69 Å². The number of hydrogen-bond donors (Lipinski definition) is 1. The van der Waals surface area contributed by atoms with Crippen molar-refractivity contribution in [3.63, 3.8) is 0 Å². The number of nitrogens with two attached hydrogens (primary N) is 1. The van der Waals surface area contributed by atoms with E-state index in [-0.39, 0.29) is 0 Å². The molecule has 0 spiro atoms. The Kier molecular flexibility index (Phi) is 2.48. The van der Waals surface area contributed by atoms with Gasteiger partial charge in [-0.3, -0.25) is 0 Å². The maximum Gasteiger partial charge on any atom is 0.226 e. The molecule has 0 radical (unpaired) electrons. The normalized spacial score (nSPS) is 10.1. The van der Waals surface area contributed by atoms with E-state index >= 15 is 0 Å². The van der Waals surface area contributed by atoms with Crippen LogP contribution in [0.5, 0.6) is 0 Å². The maximum atomic E-state index is 5.35. The van der Waals surface area contributed by atoms with E-state index in [2.05, 4.69) is 5.16 Å². The first-order chi connectivity index (χ1) is 5.24. The second-order valence-corrected chi connectivity index (χ2v) is 2.59. The highest BCUT2D eigenvalue weighted by Gasteiger charge is 2.03. The molecule has 0 aliphatic carbocycles. The van der Waals surface area contributed by atoms with Crippen LogP contribution >= 0.6 is 0 Å². The van der Waals surface area contributed by atoms with Crippen LogP contribution in [0, 0.1) is 0 Å². The molecule has 0 aliphatic heterocycles. The fraction of sp³-hybridized carbons (Fsp3) is 0.571. The van der Waals surface area contributed by atoms with Gasteiger partial charge in [-0.05, 0) is 6.54 Å². The number of rotatable bonds is 3. The molecule has 0 bridgehead atoms. The molecule has 0 aliphatic rings. The first-order valence-corrected chi connectivity index (χ1v) is 3.57.